The minimum Gasteiger partial charge on any atom is -0.509 e. The van der Waals surface area contributed by atoms with Crippen molar-refractivity contribution in [2.45, 2.75) is 109 Å². The molecule has 1 saturated carbocycles. The second kappa shape index (κ2) is 13.2. The van der Waals surface area contributed by atoms with E-state index >= 15 is 4.79 Å². The quantitative estimate of drug-likeness (QED) is 0.236. The van der Waals surface area contributed by atoms with E-state index in [1.807, 2.05) is 0 Å². The lowest BCUT2D eigenvalue weighted by molar-refractivity contribution is -0.276. The summed E-state index contributed by atoms with van der Waals surface area (Å²) in [5.41, 5.74) is 15.8. The van der Waals surface area contributed by atoms with Crippen LogP contribution in [0, 0.1) is 64.1 Å². The van der Waals surface area contributed by atoms with Crippen LogP contribution < -0.4 is 5.73 Å². The van der Waals surface area contributed by atoms with Crippen LogP contribution in [-0.2, 0) is 45.6 Å². The third-order valence-corrected chi connectivity index (χ3v) is 19.4. The number of allylic oxidation sites excluding steroid dienone is 5. The standard InChI is InChI=1S/C56H59N3O5/c1-30-22-45(60)51-54-20-19-41-43-26-37-25-36-23-32(8-3-4-14-46(55(43,54)53(62)63-51)56(54)42-13-6-10-35(11-7-21-57)48(42)52(61)64-56)15-16-34(36)9-5-12-39-31(2)47(37)49(41)50-40(39)17-18-44-38-24-33(28-59(44)50)27-58(30)29-38/h6,10,13,15-18,23,26,30-31,33,38-39,44,46-47,49,60H,3-4,7-9,11,14,19-22,24-25,27-29,57H2,1-2H3. The molecule has 17 rings (SSSR count). The van der Waals surface area contributed by atoms with Crippen molar-refractivity contribution in [1.82, 2.24) is 9.80 Å². The molecule has 9 aliphatic heterocycles. The van der Waals surface area contributed by atoms with Crippen LogP contribution in [0.25, 0.3) is 0 Å². The number of rotatable bonds is 3. The van der Waals surface area contributed by atoms with E-state index < -0.39 is 16.4 Å². The molecule has 3 saturated heterocycles. The van der Waals surface area contributed by atoms with Gasteiger partial charge < -0.3 is 25.2 Å². The normalized spacial score (nSPS) is 41.1. The lowest BCUT2D eigenvalue weighted by Gasteiger charge is -2.71. The predicted molar refractivity (Wildman–Crippen MR) is 242 cm³/mol. The van der Waals surface area contributed by atoms with Gasteiger partial charge in [-0.15, -0.1) is 0 Å². The molecule has 64 heavy (non-hydrogen) atoms. The maximum atomic E-state index is 16.1. The molecule has 2 aromatic carbocycles. The van der Waals surface area contributed by atoms with E-state index in [-0.39, 0.29) is 53.3 Å². The second-order valence-corrected chi connectivity index (χ2v) is 22.0. The van der Waals surface area contributed by atoms with Crippen molar-refractivity contribution >= 4 is 11.9 Å². The highest BCUT2D eigenvalue weighted by molar-refractivity contribution is 6.00. The fraction of sp³-hybridized carbons (Fsp3) is 0.536. The molecule has 4 fully saturated rings. The van der Waals surface area contributed by atoms with Crippen molar-refractivity contribution in [1.29, 1.82) is 0 Å². The number of carbonyl (C=O) groups is 2. The molecule has 8 nitrogen and oxygen atoms in total. The molecule has 15 aliphatic rings. The van der Waals surface area contributed by atoms with Gasteiger partial charge >= 0.3 is 11.9 Å². The molecule has 0 amide bonds. The number of fused-ring (bicyclic) bond motifs is 6. The first-order valence-corrected chi connectivity index (χ1v) is 24.9. The number of ether oxygens (including phenoxy) is 2. The molecule has 13 atom stereocenters. The Balaban J connectivity index is 1.11. The average Bonchev–Trinajstić information content (AvgIpc) is 3.74. The highest BCUT2D eigenvalue weighted by Gasteiger charge is 2.93. The Bertz CT molecular complexity index is 2750. The largest absolute Gasteiger partial charge is 0.509 e. The Morgan fingerprint density at radius 2 is 1.95 bits per heavy atom. The van der Waals surface area contributed by atoms with Crippen LogP contribution in [0.3, 0.4) is 0 Å². The summed E-state index contributed by atoms with van der Waals surface area (Å²) in [7, 11) is 0. The Morgan fingerprint density at radius 3 is 2.84 bits per heavy atom. The molecule has 2 aromatic rings. The van der Waals surface area contributed by atoms with E-state index in [1.165, 1.54) is 45.5 Å². The first kappa shape index (κ1) is 38.4. The number of carbonyl (C=O) groups excluding carboxylic acids is 2. The zero-order valence-electron chi connectivity index (χ0n) is 37.3. The third-order valence-electron chi connectivity index (χ3n) is 19.4. The Kier molecular flexibility index (Phi) is 7.90. The van der Waals surface area contributed by atoms with Crippen LogP contribution in [0.4, 0.5) is 0 Å². The van der Waals surface area contributed by atoms with Gasteiger partial charge in [-0.25, -0.2) is 4.79 Å². The molecular formula is C56H59N3O5. The van der Waals surface area contributed by atoms with Crippen molar-refractivity contribution in [2.24, 2.45) is 58.0 Å². The average molecular weight is 854 g/mol. The highest BCUT2D eigenvalue weighted by Crippen LogP contribution is 2.87. The van der Waals surface area contributed by atoms with Gasteiger partial charge in [-0.2, -0.15) is 0 Å². The van der Waals surface area contributed by atoms with Crippen LogP contribution in [0.1, 0.15) is 103 Å². The minimum atomic E-state index is -1.19. The third kappa shape index (κ3) is 4.46. The molecule has 0 radical (unpaired) electrons. The van der Waals surface area contributed by atoms with E-state index in [4.69, 9.17) is 15.2 Å². The van der Waals surface area contributed by atoms with E-state index in [0.717, 1.165) is 81.3 Å². The second-order valence-electron chi connectivity index (χ2n) is 22.0. The first-order chi connectivity index (χ1) is 31.2. The highest BCUT2D eigenvalue weighted by atomic mass is 16.6. The zero-order chi connectivity index (χ0) is 43.0. The fourth-order valence-electron chi connectivity index (χ4n) is 17.2. The van der Waals surface area contributed by atoms with Crippen LogP contribution in [-0.4, -0.2) is 65.1 Å². The summed E-state index contributed by atoms with van der Waals surface area (Å²) in [6.07, 6.45) is 16.8. The molecule has 0 aromatic heterocycles. The number of benzene rings is 2. The van der Waals surface area contributed by atoms with E-state index in [1.54, 1.807) is 0 Å². The number of aliphatic hydroxyl groups excluding tert-OH is 1. The van der Waals surface area contributed by atoms with Gasteiger partial charge in [-0.3, -0.25) is 9.69 Å². The minimum absolute atomic E-state index is 0.0195. The van der Waals surface area contributed by atoms with Gasteiger partial charge in [-0.05, 0) is 128 Å². The number of esters is 2. The summed E-state index contributed by atoms with van der Waals surface area (Å²) in [5, 5.41) is 12.9. The number of hydrogen-bond acceptors (Lipinski definition) is 8. The van der Waals surface area contributed by atoms with Crippen LogP contribution in [0.15, 0.2) is 94.1 Å². The van der Waals surface area contributed by atoms with Gasteiger partial charge in [0.1, 0.15) is 11.2 Å². The van der Waals surface area contributed by atoms with Crippen LogP contribution >= 0.6 is 0 Å². The molecule has 3 spiro atoms. The summed E-state index contributed by atoms with van der Waals surface area (Å²) >= 11 is 0. The number of aliphatic hydroxyl groups is 1. The van der Waals surface area contributed by atoms with Gasteiger partial charge in [0, 0.05) is 61.6 Å². The lowest BCUT2D eigenvalue weighted by Crippen LogP contribution is -2.77. The first-order valence-electron chi connectivity index (χ1n) is 24.9. The van der Waals surface area contributed by atoms with Gasteiger partial charge in [-0.1, -0.05) is 91.0 Å². The Labute approximate surface area is 376 Å². The fourth-order valence-corrected chi connectivity index (χ4v) is 17.2. The molecule has 13 unspecified atom stereocenters. The van der Waals surface area contributed by atoms with Crippen molar-refractivity contribution < 1.29 is 24.2 Å². The SMILES string of the molecule is CC1C2C#CCc3ccc4cc3CC3=CC5=C6CCC78C(=C(O)CC(C)N9CC%10CC(C9)C9C=CC2=C(C6C31)N9C%10)OC(=O)C57C(CCCC4)C81OC(=O)c2c(CCCN)cccc21. The number of aryl methyl sites for hydroxylation is 2. The van der Waals surface area contributed by atoms with Gasteiger partial charge in [0.15, 0.2) is 11.4 Å². The summed E-state index contributed by atoms with van der Waals surface area (Å²) in [4.78, 5) is 36.4. The smallest absolute Gasteiger partial charge is 0.339 e. The summed E-state index contributed by atoms with van der Waals surface area (Å²) in [6, 6.07) is 13.7. The topological polar surface area (TPSA) is 105 Å². The zero-order valence-corrected chi connectivity index (χ0v) is 37.3. The molecule has 3 N–H and O–H groups in total. The van der Waals surface area contributed by atoms with Gasteiger partial charge in [0.2, 0.25) is 0 Å². The Hall–Kier alpha value is -4.84. The van der Waals surface area contributed by atoms with Crippen molar-refractivity contribution in [2.75, 3.05) is 26.2 Å². The van der Waals surface area contributed by atoms with E-state index in [0.29, 0.717) is 61.4 Å². The molecular weight excluding hydrogens is 795 g/mol. The number of nitrogens with zero attached hydrogens (tertiary/aromatic N) is 2. The maximum Gasteiger partial charge on any atom is 0.339 e. The lowest BCUT2D eigenvalue weighted by atomic mass is 9.28. The summed E-state index contributed by atoms with van der Waals surface area (Å²) in [6.45, 7) is 8.17. The van der Waals surface area contributed by atoms with Gasteiger partial charge in [0.25, 0.3) is 0 Å². The monoisotopic (exact) mass is 853 g/mol. The van der Waals surface area contributed by atoms with Gasteiger partial charge in [0.05, 0.1) is 22.9 Å². The molecule has 8 heteroatoms. The summed E-state index contributed by atoms with van der Waals surface area (Å²) < 4.78 is 14.1. The predicted octanol–water partition coefficient (Wildman–Crippen LogP) is 8.17. The molecule has 9 heterocycles. The molecule has 17 bridgehead atoms. The van der Waals surface area contributed by atoms with E-state index in [9.17, 15) is 9.90 Å². The summed E-state index contributed by atoms with van der Waals surface area (Å²) in [5.74, 6) is 8.90. The number of hydrogen-bond donors (Lipinski definition) is 2. The number of piperidine rings is 2. The van der Waals surface area contributed by atoms with Crippen LogP contribution in [0.5, 0.6) is 0 Å². The maximum absolute atomic E-state index is 16.1. The Morgan fingerprint density at radius 1 is 1.05 bits per heavy atom. The van der Waals surface area contributed by atoms with Crippen molar-refractivity contribution in [3.63, 3.8) is 0 Å². The van der Waals surface area contributed by atoms with Crippen molar-refractivity contribution in [3.05, 3.63) is 128 Å². The molecule has 328 valence electrons. The van der Waals surface area contributed by atoms with Crippen LogP contribution in [0.2, 0.25) is 0 Å². The number of nitrogens with two attached hydrogens (primary N) is 1. The van der Waals surface area contributed by atoms with Crippen molar-refractivity contribution in [3.8, 4) is 11.8 Å². The molecule has 6 aliphatic carbocycles. The van der Waals surface area contributed by atoms with E-state index in [2.05, 4.69) is 90.1 Å².